The van der Waals surface area contributed by atoms with Gasteiger partial charge in [-0.15, -0.1) is 11.3 Å². The number of rotatable bonds is 9. The van der Waals surface area contributed by atoms with Gasteiger partial charge in [0.2, 0.25) is 0 Å². The van der Waals surface area contributed by atoms with Crippen molar-refractivity contribution in [1.29, 1.82) is 5.41 Å². The molecule has 1 aromatic rings. The lowest BCUT2D eigenvalue weighted by Gasteiger charge is -2.24. The molecule has 20 heavy (non-hydrogen) atoms. The Morgan fingerprint density at radius 1 is 1.45 bits per heavy atom. The second-order valence-electron chi connectivity index (χ2n) is 6.54. The van der Waals surface area contributed by atoms with Gasteiger partial charge in [0.1, 0.15) is 0 Å². The van der Waals surface area contributed by atoms with E-state index in [2.05, 4.69) is 36.3 Å². The maximum absolute atomic E-state index is 7.59. The standard InChI is InChI=1S/C16H27N3S/c1-16(2,15(17)18)9-3-4-10-19(13-7-8-13)12-14-6-5-11-20-14/h5-6,11,13H,3-4,7-10,12H2,1-2H3,(H3,17,18). The molecule has 112 valence electrons. The van der Waals surface area contributed by atoms with Crippen molar-refractivity contribution >= 4 is 17.2 Å². The summed E-state index contributed by atoms with van der Waals surface area (Å²) in [5.41, 5.74) is 5.49. The Morgan fingerprint density at radius 2 is 2.20 bits per heavy atom. The highest BCUT2D eigenvalue weighted by Crippen LogP contribution is 2.30. The molecule has 0 aromatic carbocycles. The highest BCUT2D eigenvalue weighted by molar-refractivity contribution is 7.09. The zero-order chi connectivity index (χ0) is 14.6. The number of nitrogens with zero attached hydrogens (tertiary/aromatic N) is 1. The summed E-state index contributed by atoms with van der Waals surface area (Å²) in [6.07, 6.45) is 6.10. The van der Waals surface area contributed by atoms with Crippen molar-refractivity contribution in [3.05, 3.63) is 22.4 Å². The van der Waals surface area contributed by atoms with Crippen LogP contribution in [0, 0.1) is 10.8 Å². The van der Waals surface area contributed by atoms with Crippen LogP contribution in [0.15, 0.2) is 17.5 Å². The Hall–Kier alpha value is -0.870. The predicted octanol–water partition coefficient (Wildman–Crippen LogP) is 3.84. The molecular weight excluding hydrogens is 266 g/mol. The molecule has 0 atom stereocenters. The van der Waals surface area contributed by atoms with Crippen LogP contribution in [0.3, 0.4) is 0 Å². The van der Waals surface area contributed by atoms with E-state index in [-0.39, 0.29) is 5.41 Å². The lowest BCUT2D eigenvalue weighted by Crippen LogP contribution is -2.31. The van der Waals surface area contributed by atoms with Crippen molar-refractivity contribution in [2.45, 2.75) is 58.5 Å². The molecule has 1 aromatic heterocycles. The van der Waals surface area contributed by atoms with Gasteiger partial charge >= 0.3 is 0 Å². The smallest absolute Gasteiger partial charge is 0.0963 e. The molecule has 0 bridgehead atoms. The van der Waals surface area contributed by atoms with Crippen LogP contribution in [0.2, 0.25) is 0 Å². The second-order valence-corrected chi connectivity index (χ2v) is 7.57. The van der Waals surface area contributed by atoms with Crippen LogP contribution in [-0.2, 0) is 6.54 Å². The quantitative estimate of drug-likeness (QED) is 0.413. The van der Waals surface area contributed by atoms with E-state index in [0.29, 0.717) is 5.84 Å². The number of amidine groups is 1. The van der Waals surface area contributed by atoms with Gasteiger partial charge in [-0.3, -0.25) is 10.3 Å². The largest absolute Gasteiger partial charge is 0.387 e. The Morgan fingerprint density at radius 3 is 2.75 bits per heavy atom. The molecule has 3 nitrogen and oxygen atoms in total. The Labute approximate surface area is 126 Å². The Kier molecular flexibility index (Phi) is 5.22. The zero-order valence-electron chi connectivity index (χ0n) is 12.7. The molecule has 4 heteroatoms. The van der Waals surface area contributed by atoms with Crippen LogP contribution in [0.25, 0.3) is 0 Å². The summed E-state index contributed by atoms with van der Waals surface area (Å²) in [7, 11) is 0. The van der Waals surface area contributed by atoms with E-state index < -0.39 is 0 Å². The second kappa shape index (κ2) is 6.72. The van der Waals surface area contributed by atoms with Gasteiger partial charge in [0, 0.05) is 22.9 Å². The molecule has 1 aliphatic carbocycles. The molecule has 0 radical (unpaired) electrons. The van der Waals surface area contributed by atoms with Crippen LogP contribution in [-0.4, -0.2) is 23.3 Å². The summed E-state index contributed by atoms with van der Waals surface area (Å²) < 4.78 is 0. The van der Waals surface area contributed by atoms with Crippen molar-refractivity contribution < 1.29 is 0 Å². The van der Waals surface area contributed by atoms with E-state index in [0.717, 1.165) is 25.4 Å². The van der Waals surface area contributed by atoms with Gasteiger partial charge in [-0.1, -0.05) is 26.3 Å². The van der Waals surface area contributed by atoms with Crippen molar-refractivity contribution in [2.24, 2.45) is 11.1 Å². The topological polar surface area (TPSA) is 53.1 Å². The minimum Gasteiger partial charge on any atom is -0.387 e. The van der Waals surface area contributed by atoms with Crippen LogP contribution in [0.5, 0.6) is 0 Å². The Balaban J connectivity index is 1.72. The first-order chi connectivity index (χ1) is 9.49. The average Bonchev–Trinajstić information content (AvgIpc) is 3.11. The van der Waals surface area contributed by atoms with Gasteiger partial charge < -0.3 is 5.73 Å². The summed E-state index contributed by atoms with van der Waals surface area (Å²) in [4.78, 5) is 4.10. The van der Waals surface area contributed by atoms with E-state index in [1.165, 1.54) is 30.7 Å². The van der Waals surface area contributed by atoms with Crippen LogP contribution in [0.1, 0.15) is 50.8 Å². The molecule has 0 unspecified atom stereocenters. The fourth-order valence-electron chi connectivity index (χ4n) is 2.45. The maximum Gasteiger partial charge on any atom is 0.0963 e. The van der Waals surface area contributed by atoms with Gasteiger partial charge in [0.15, 0.2) is 0 Å². The van der Waals surface area contributed by atoms with Gasteiger partial charge in [-0.25, -0.2) is 0 Å². The van der Waals surface area contributed by atoms with E-state index >= 15 is 0 Å². The number of unbranched alkanes of at least 4 members (excludes halogenated alkanes) is 1. The maximum atomic E-state index is 7.59. The van der Waals surface area contributed by atoms with Crippen molar-refractivity contribution in [2.75, 3.05) is 6.54 Å². The third kappa shape index (κ3) is 4.60. The third-order valence-electron chi connectivity index (χ3n) is 4.23. The lowest BCUT2D eigenvalue weighted by molar-refractivity contribution is 0.247. The van der Waals surface area contributed by atoms with E-state index in [1.807, 2.05) is 11.3 Å². The Bertz CT molecular complexity index is 421. The molecule has 1 aliphatic rings. The highest BCUT2D eigenvalue weighted by atomic mass is 32.1. The fourth-order valence-corrected chi connectivity index (χ4v) is 3.18. The monoisotopic (exact) mass is 293 g/mol. The molecule has 1 saturated carbocycles. The molecular formula is C16H27N3S. The number of hydrogen-bond acceptors (Lipinski definition) is 3. The lowest BCUT2D eigenvalue weighted by atomic mass is 9.86. The van der Waals surface area contributed by atoms with E-state index in [4.69, 9.17) is 11.1 Å². The molecule has 1 fully saturated rings. The first-order valence-corrected chi connectivity index (χ1v) is 8.48. The van der Waals surface area contributed by atoms with Crippen molar-refractivity contribution in [3.63, 3.8) is 0 Å². The number of hydrogen-bond donors (Lipinski definition) is 2. The fraction of sp³-hybridized carbons (Fsp3) is 0.688. The van der Waals surface area contributed by atoms with Crippen LogP contribution < -0.4 is 5.73 Å². The van der Waals surface area contributed by atoms with Gasteiger partial charge in [-0.2, -0.15) is 0 Å². The third-order valence-corrected chi connectivity index (χ3v) is 5.09. The normalized spacial score (nSPS) is 15.8. The summed E-state index contributed by atoms with van der Waals surface area (Å²) >= 11 is 1.86. The van der Waals surface area contributed by atoms with E-state index in [1.54, 1.807) is 0 Å². The first-order valence-electron chi connectivity index (χ1n) is 7.60. The molecule has 2 rings (SSSR count). The summed E-state index contributed by atoms with van der Waals surface area (Å²) in [5.74, 6) is 0.315. The molecule has 0 spiro atoms. The van der Waals surface area contributed by atoms with Crippen LogP contribution in [0.4, 0.5) is 0 Å². The molecule has 0 saturated heterocycles. The SMILES string of the molecule is CC(C)(CCCCN(Cc1cccs1)C1CC1)C(=N)N. The van der Waals surface area contributed by atoms with Crippen molar-refractivity contribution in [1.82, 2.24) is 4.90 Å². The van der Waals surface area contributed by atoms with Gasteiger partial charge in [0.05, 0.1) is 5.84 Å². The number of nitrogens with two attached hydrogens (primary N) is 1. The van der Waals surface area contributed by atoms with Crippen LogP contribution >= 0.6 is 11.3 Å². The molecule has 0 amide bonds. The summed E-state index contributed by atoms with van der Waals surface area (Å²) in [5, 5.41) is 9.76. The molecule has 3 N–H and O–H groups in total. The highest BCUT2D eigenvalue weighted by Gasteiger charge is 2.29. The number of thiophene rings is 1. The van der Waals surface area contributed by atoms with E-state index in [9.17, 15) is 0 Å². The minimum atomic E-state index is -0.141. The zero-order valence-corrected chi connectivity index (χ0v) is 13.5. The predicted molar refractivity (Wildman–Crippen MR) is 87.3 cm³/mol. The van der Waals surface area contributed by atoms with Gasteiger partial charge in [0.25, 0.3) is 0 Å². The summed E-state index contributed by atoms with van der Waals surface area (Å²) in [6, 6.07) is 5.19. The van der Waals surface area contributed by atoms with Gasteiger partial charge in [-0.05, 0) is 43.7 Å². The van der Waals surface area contributed by atoms with Crippen molar-refractivity contribution in [3.8, 4) is 0 Å². The minimum absolute atomic E-state index is 0.141. The average molecular weight is 293 g/mol. The summed E-state index contributed by atoms with van der Waals surface area (Å²) in [6.45, 7) is 6.42. The molecule has 0 aliphatic heterocycles. The molecule has 1 heterocycles. The number of nitrogens with one attached hydrogen (secondary N) is 1. The first kappa shape index (κ1) is 15.5.